The monoisotopic (exact) mass is 354 g/mol. The predicted octanol–water partition coefficient (Wildman–Crippen LogP) is 5.53. The van der Waals surface area contributed by atoms with E-state index in [0.717, 1.165) is 27.6 Å². The third-order valence-corrected chi connectivity index (χ3v) is 5.51. The zero-order valence-electron chi connectivity index (χ0n) is 11.9. The molecule has 3 rings (SSSR count). The molecule has 0 amide bonds. The zero-order chi connectivity index (χ0) is 14.3. The molecule has 108 valence electrons. The average molecular weight is 356 g/mol. The Morgan fingerprint density at radius 1 is 1.30 bits per heavy atom. The number of fused-ring (bicyclic) bond motifs is 1. The normalized spacial score (nSPS) is 27.1. The summed E-state index contributed by atoms with van der Waals surface area (Å²) in [7, 11) is 0. The van der Waals surface area contributed by atoms with E-state index in [1.54, 1.807) is 0 Å². The quantitative estimate of drug-likeness (QED) is 0.647. The van der Waals surface area contributed by atoms with Gasteiger partial charge in [-0.15, -0.1) is 11.6 Å². The van der Waals surface area contributed by atoms with E-state index in [9.17, 15) is 0 Å². The van der Waals surface area contributed by atoms with Crippen LogP contribution in [0.5, 0.6) is 0 Å². The fourth-order valence-electron chi connectivity index (χ4n) is 3.38. The summed E-state index contributed by atoms with van der Waals surface area (Å²) in [6.45, 7) is 4.74. The summed E-state index contributed by atoms with van der Waals surface area (Å²) in [5.41, 5.74) is 2.26. The molecule has 0 saturated heterocycles. The standard InChI is InChI=1S/C16H20BrClN2/c1-10-3-5-13(7-11(10)2)20-15-6-4-12(17)8-14(15)19-16(20)9-18/h4,6,8,10-11,13H,3,5,7,9H2,1-2H3. The number of imidazole rings is 1. The minimum atomic E-state index is 0.479. The summed E-state index contributed by atoms with van der Waals surface area (Å²) in [6, 6.07) is 6.87. The van der Waals surface area contributed by atoms with Gasteiger partial charge in [0.25, 0.3) is 0 Å². The first kappa shape index (κ1) is 14.4. The summed E-state index contributed by atoms with van der Waals surface area (Å²) in [4.78, 5) is 4.71. The lowest BCUT2D eigenvalue weighted by Crippen LogP contribution is -2.24. The first-order valence-corrected chi connectivity index (χ1v) is 8.65. The number of rotatable bonds is 2. The summed E-state index contributed by atoms with van der Waals surface area (Å²) >= 11 is 9.65. The van der Waals surface area contributed by atoms with Gasteiger partial charge in [-0.2, -0.15) is 0 Å². The van der Waals surface area contributed by atoms with Crippen LogP contribution in [-0.4, -0.2) is 9.55 Å². The lowest BCUT2D eigenvalue weighted by molar-refractivity contribution is 0.211. The topological polar surface area (TPSA) is 17.8 Å². The van der Waals surface area contributed by atoms with Crippen LogP contribution < -0.4 is 0 Å². The van der Waals surface area contributed by atoms with Gasteiger partial charge in [0.15, 0.2) is 0 Å². The van der Waals surface area contributed by atoms with Crippen molar-refractivity contribution in [2.75, 3.05) is 0 Å². The molecule has 1 aliphatic rings. The van der Waals surface area contributed by atoms with Gasteiger partial charge in [-0.05, 0) is 49.3 Å². The van der Waals surface area contributed by atoms with Crippen LogP contribution in [0.1, 0.15) is 45.0 Å². The van der Waals surface area contributed by atoms with Gasteiger partial charge in [0.05, 0.1) is 16.9 Å². The molecule has 0 radical (unpaired) electrons. The van der Waals surface area contributed by atoms with Gasteiger partial charge in [-0.25, -0.2) is 4.98 Å². The molecule has 0 spiro atoms. The van der Waals surface area contributed by atoms with Crippen molar-refractivity contribution in [3.05, 3.63) is 28.5 Å². The van der Waals surface area contributed by atoms with Crippen LogP contribution in [0.25, 0.3) is 11.0 Å². The van der Waals surface area contributed by atoms with Crippen LogP contribution >= 0.6 is 27.5 Å². The van der Waals surface area contributed by atoms with Crippen molar-refractivity contribution in [3.8, 4) is 0 Å². The lowest BCUT2D eigenvalue weighted by atomic mass is 9.79. The van der Waals surface area contributed by atoms with E-state index in [-0.39, 0.29) is 0 Å². The van der Waals surface area contributed by atoms with Gasteiger partial charge in [-0.1, -0.05) is 29.8 Å². The van der Waals surface area contributed by atoms with Crippen molar-refractivity contribution < 1.29 is 0 Å². The van der Waals surface area contributed by atoms with Crippen LogP contribution in [0.2, 0.25) is 0 Å². The lowest BCUT2D eigenvalue weighted by Gasteiger charge is -2.33. The molecule has 1 heterocycles. The van der Waals surface area contributed by atoms with Crippen molar-refractivity contribution in [1.29, 1.82) is 0 Å². The Labute approximate surface area is 133 Å². The highest BCUT2D eigenvalue weighted by molar-refractivity contribution is 9.10. The van der Waals surface area contributed by atoms with Gasteiger partial charge >= 0.3 is 0 Å². The Balaban J connectivity index is 2.05. The van der Waals surface area contributed by atoms with Crippen molar-refractivity contribution in [2.45, 2.75) is 45.0 Å². The number of halogens is 2. The zero-order valence-corrected chi connectivity index (χ0v) is 14.3. The predicted molar refractivity (Wildman–Crippen MR) is 88.2 cm³/mol. The molecule has 0 bridgehead atoms. The number of hydrogen-bond acceptors (Lipinski definition) is 1. The highest BCUT2D eigenvalue weighted by Crippen LogP contribution is 2.38. The largest absolute Gasteiger partial charge is 0.324 e. The Hall–Kier alpha value is -0.540. The fourth-order valence-corrected chi connectivity index (χ4v) is 3.91. The Kier molecular flexibility index (Phi) is 4.09. The average Bonchev–Trinajstić information content (AvgIpc) is 2.79. The van der Waals surface area contributed by atoms with Crippen molar-refractivity contribution in [3.63, 3.8) is 0 Å². The third-order valence-electron chi connectivity index (χ3n) is 4.78. The Morgan fingerprint density at radius 3 is 2.80 bits per heavy atom. The van der Waals surface area contributed by atoms with Crippen molar-refractivity contribution >= 4 is 38.6 Å². The second kappa shape index (κ2) is 5.69. The van der Waals surface area contributed by atoms with Crippen molar-refractivity contribution in [2.24, 2.45) is 11.8 Å². The van der Waals surface area contributed by atoms with Gasteiger partial charge in [0, 0.05) is 10.5 Å². The molecule has 20 heavy (non-hydrogen) atoms. The van der Waals surface area contributed by atoms with Gasteiger partial charge < -0.3 is 4.57 Å². The number of nitrogens with zero attached hydrogens (tertiary/aromatic N) is 2. The molecule has 0 aliphatic heterocycles. The molecule has 1 aromatic carbocycles. The molecule has 3 atom stereocenters. The molecule has 2 nitrogen and oxygen atoms in total. The van der Waals surface area contributed by atoms with E-state index >= 15 is 0 Å². The SMILES string of the molecule is CC1CCC(n2c(CCl)nc3cc(Br)ccc32)CC1C. The highest BCUT2D eigenvalue weighted by Gasteiger charge is 2.28. The maximum Gasteiger partial charge on any atom is 0.125 e. The van der Waals surface area contributed by atoms with Gasteiger partial charge in [0.1, 0.15) is 5.82 Å². The molecule has 1 saturated carbocycles. The van der Waals surface area contributed by atoms with Crippen molar-refractivity contribution in [1.82, 2.24) is 9.55 Å². The highest BCUT2D eigenvalue weighted by atomic mass is 79.9. The molecular weight excluding hydrogens is 336 g/mol. The molecule has 3 unspecified atom stereocenters. The molecule has 2 aromatic rings. The maximum absolute atomic E-state index is 6.13. The van der Waals surface area contributed by atoms with E-state index in [1.165, 1.54) is 24.8 Å². The number of alkyl halides is 1. The van der Waals surface area contributed by atoms with E-state index in [1.807, 2.05) is 0 Å². The van der Waals surface area contributed by atoms with Crippen LogP contribution in [0.4, 0.5) is 0 Å². The number of hydrogen-bond donors (Lipinski definition) is 0. The summed E-state index contributed by atoms with van der Waals surface area (Å²) in [6.07, 6.45) is 3.76. The molecule has 0 N–H and O–H groups in total. The van der Waals surface area contributed by atoms with E-state index in [0.29, 0.717) is 11.9 Å². The maximum atomic E-state index is 6.13. The molecule has 4 heteroatoms. The van der Waals surface area contributed by atoms with E-state index in [2.05, 4.69) is 52.5 Å². The fraction of sp³-hybridized carbons (Fsp3) is 0.562. The van der Waals surface area contributed by atoms with Gasteiger partial charge in [-0.3, -0.25) is 0 Å². The minimum Gasteiger partial charge on any atom is -0.324 e. The van der Waals surface area contributed by atoms with Gasteiger partial charge in [0.2, 0.25) is 0 Å². The van der Waals surface area contributed by atoms with E-state index in [4.69, 9.17) is 16.6 Å². The van der Waals surface area contributed by atoms with Crippen LogP contribution in [0.15, 0.2) is 22.7 Å². The first-order chi connectivity index (χ1) is 9.60. The molecular formula is C16H20BrClN2. The molecule has 1 fully saturated rings. The Bertz CT molecular complexity index is 622. The molecule has 1 aliphatic carbocycles. The second-order valence-electron chi connectivity index (χ2n) is 6.09. The second-order valence-corrected chi connectivity index (χ2v) is 7.27. The Morgan fingerprint density at radius 2 is 2.10 bits per heavy atom. The summed E-state index contributed by atoms with van der Waals surface area (Å²) < 4.78 is 3.46. The van der Waals surface area contributed by atoms with Crippen LogP contribution in [-0.2, 0) is 5.88 Å². The van der Waals surface area contributed by atoms with Crippen LogP contribution in [0.3, 0.4) is 0 Å². The molecule has 1 aromatic heterocycles. The smallest absolute Gasteiger partial charge is 0.125 e. The van der Waals surface area contributed by atoms with Crippen LogP contribution in [0, 0.1) is 11.8 Å². The summed E-state index contributed by atoms with van der Waals surface area (Å²) in [5, 5.41) is 0. The summed E-state index contributed by atoms with van der Waals surface area (Å²) in [5.74, 6) is 3.08. The first-order valence-electron chi connectivity index (χ1n) is 7.32. The van der Waals surface area contributed by atoms with E-state index < -0.39 is 0 Å². The number of aromatic nitrogens is 2. The third kappa shape index (κ3) is 2.50. The minimum absolute atomic E-state index is 0.479. The number of benzene rings is 1.